The van der Waals surface area contributed by atoms with Gasteiger partial charge in [-0.25, -0.2) is 14.6 Å². The number of rotatable bonds is 14. The first kappa shape index (κ1) is 38.5. The van der Waals surface area contributed by atoms with Gasteiger partial charge in [0.2, 0.25) is 5.91 Å². The van der Waals surface area contributed by atoms with Gasteiger partial charge in [0.15, 0.2) is 12.7 Å². The largest absolute Gasteiger partial charge is 0.482 e. The second-order valence-electron chi connectivity index (χ2n) is 11.7. The van der Waals surface area contributed by atoms with Crippen LogP contribution in [0.3, 0.4) is 0 Å². The quantitative estimate of drug-likeness (QED) is 0.0514. The van der Waals surface area contributed by atoms with Gasteiger partial charge < -0.3 is 35.8 Å². The predicted molar refractivity (Wildman–Crippen MR) is 201 cm³/mol. The molecule has 11 heteroatoms. The maximum atomic E-state index is 12.6. The Labute approximate surface area is 302 Å². The molecule has 2 unspecified atom stereocenters. The molecule has 0 aliphatic rings. The van der Waals surface area contributed by atoms with Gasteiger partial charge in [-0.15, -0.1) is 0 Å². The van der Waals surface area contributed by atoms with Gasteiger partial charge in [-0.1, -0.05) is 92.2 Å². The van der Waals surface area contributed by atoms with Crippen molar-refractivity contribution in [3.05, 3.63) is 125 Å². The molecule has 5 rings (SSSR count). The molecule has 0 radical (unpaired) electrons. The van der Waals surface area contributed by atoms with E-state index in [1.165, 1.54) is 6.08 Å². The number of nitrogens with one attached hydrogen (secondary N) is 3. The minimum absolute atomic E-state index is 0.00937. The number of benzene rings is 4. The van der Waals surface area contributed by atoms with Crippen molar-refractivity contribution < 1.29 is 34.4 Å². The fourth-order valence-electron chi connectivity index (χ4n) is 5.14. The minimum atomic E-state index is -1.66. The Morgan fingerprint density at radius 3 is 2.06 bits per heavy atom. The van der Waals surface area contributed by atoms with Crippen LogP contribution >= 0.6 is 0 Å². The maximum Gasteiger partial charge on any atom is 0.341 e. The van der Waals surface area contributed by atoms with Crippen molar-refractivity contribution in [2.75, 3.05) is 6.61 Å². The molecule has 52 heavy (non-hydrogen) atoms. The number of nitrogens with zero attached hydrogens (tertiary/aromatic N) is 1. The SMILES string of the molecule is CC.Cc1ccc(C(C)NC(=O)/C=C/c2ccc(-c3[nH]c(-c4ccc(C(=N)CC(O)C(=O)O)cc4)nc3-c3ccc(OCC(=O)O)cc3)cc2)cc1. The number of carboxylic acid groups (broad SMARTS) is 2. The first-order valence-corrected chi connectivity index (χ1v) is 16.8. The van der Waals surface area contributed by atoms with E-state index in [0.717, 1.165) is 27.8 Å². The number of aromatic amines is 1. The van der Waals surface area contributed by atoms with E-state index in [4.69, 9.17) is 25.3 Å². The molecular formula is C41H42N4O7. The summed E-state index contributed by atoms with van der Waals surface area (Å²) in [5.41, 5.74) is 7.06. The molecule has 0 aliphatic heterocycles. The lowest BCUT2D eigenvalue weighted by molar-refractivity contribution is -0.146. The Balaban J connectivity index is 0.00000297. The molecule has 6 N–H and O–H groups in total. The number of aryl methyl sites for hydroxylation is 1. The summed E-state index contributed by atoms with van der Waals surface area (Å²) in [7, 11) is 0. The van der Waals surface area contributed by atoms with Gasteiger partial charge >= 0.3 is 11.9 Å². The highest BCUT2D eigenvalue weighted by Crippen LogP contribution is 2.34. The van der Waals surface area contributed by atoms with Crippen LogP contribution in [0.5, 0.6) is 5.75 Å². The zero-order valence-corrected chi connectivity index (χ0v) is 29.4. The number of ether oxygens (including phenoxy) is 1. The van der Waals surface area contributed by atoms with Crippen molar-refractivity contribution in [3.63, 3.8) is 0 Å². The highest BCUT2D eigenvalue weighted by molar-refractivity contribution is 6.00. The van der Waals surface area contributed by atoms with Crippen LogP contribution in [0.25, 0.3) is 40.0 Å². The van der Waals surface area contributed by atoms with Crippen LogP contribution in [-0.4, -0.2) is 61.6 Å². The fourth-order valence-corrected chi connectivity index (χ4v) is 5.14. The Bertz CT molecular complexity index is 2020. The summed E-state index contributed by atoms with van der Waals surface area (Å²) in [4.78, 5) is 42.9. The summed E-state index contributed by atoms with van der Waals surface area (Å²) in [5, 5.41) is 38.7. The highest BCUT2D eigenvalue weighted by atomic mass is 16.5. The lowest BCUT2D eigenvalue weighted by atomic mass is 10.0. The van der Waals surface area contributed by atoms with Crippen LogP contribution in [0.15, 0.2) is 103 Å². The van der Waals surface area contributed by atoms with Crippen molar-refractivity contribution in [2.45, 2.75) is 46.3 Å². The Kier molecular flexibility index (Phi) is 13.4. The number of hydrogen-bond donors (Lipinski definition) is 6. The zero-order chi connectivity index (χ0) is 37.8. The smallest absolute Gasteiger partial charge is 0.341 e. The molecule has 5 aromatic rings. The van der Waals surface area contributed by atoms with E-state index in [1.54, 1.807) is 54.6 Å². The minimum Gasteiger partial charge on any atom is -0.482 e. The summed E-state index contributed by atoms with van der Waals surface area (Å²) in [6, 6.07) is 29.2. The number of aromatic nitrogens is 2. The van der Waals surface area contributed by atoms with Crippen LogP contribution in [0.2, 0.25) is 0 Å². The number of aliphatic hydroxyl groups is 1. The average Bonchev–Trinajstić information content (AvgIpc) is 3.60. The Hall–Kier alpha value is -6.33. The average molecular weight is 703 g/mol. The molecule has 0 spiro atoms. The first-order valence-electron chi connectivity index (χ1n) is 16.8. The molecule has 0 bridgehead atoms. The van der Waals surface area contributed by atoms with E-state index >= 15 is 0 Å². The predicted octanol–water partition coefficient (Wildman–Crippen LogP) is 7.30. The van der Waals surface area contributed by atoms with Crippen LogP contribution in [0.4, 0.5) is 0 Å². The maximum absolute atomic E-state index is 12.6. The van der Waals surface area contributed by atoms with E-state index in [9.17, 15) is 19.5 Å². The standard InChI is InChI=1S/C39H36N4O7.C2H6/c1-23-3-8-26(9-4-23)24(2)41-34(45)20-7-25-5-10-28(11-6-25)36-37(29-16-18-31(19-17-29)50-22-35(46)47)43-38(42-36)30-14-12-27(13-15-30)32(40)21-33(44)39(48)49;1-2/h3-20,24,33,40,44H,21-22H2,1-2H3,(H,41,45)(H,42,43)(H,46,47)(H,48,49);1-2H3/b20-7+,40-32?;. The summed E-state index contributed by atoms with van der Waals surface area (Å²) >= 11 is 0. The van der Waals surface area contributed by atoms with E-state index in [2.05, 4.69) is 10.3 Å². The highest BCUT2D eigenvalue weighted by Gasteiger charge is 2.18. The van der Waals surface area contributed by atoms with Gasteiger partial charge in [0, 0.05) is 34.9 Å². The molecule has 0 fully saturated rings. The number of imidazole rings is 1. The Morgan fingerprint density at radius 2 is 1.46 bits per heavy atom. The molecule has 1 heterocycles. The normalized spacial score (nSPS) is 11.9. The summed E-state index contributed by atoms with van der Waals surface area (Å²) in [6.07, 6.45) is 1.26. The van der Waals surface area contributed by atoms with Gasteiger partial charge in [-0.2, -0.15) is 0 Å². The molecule has 0 aliphatic carbocycles. The van der Waals surface area contributed by atoms with Crippen LogP contribution < -0.4 is 10.1 Å². The van der Waals surface area contributed by atoms with E-state index in [-0.39, 0.29) is 24.1 Å². The van der Waals surface area contributed by atoms with Crippen molar-refractivity contribution >= 4 is 29.6 Å². The summed E-state index contributed by atoms with van der Waals surface area (Å²) in [5.74, 6) is -1.75. The number of aliphatic hydroxyl groups excluding tert-OH is 1. The molecule has 268 valence electrons. The second kappa shape index (κ2) is 18.1. The van der Waals surface area contributed by atoms with Gasteiger partial charge in [-0.3, -0.25) is 4.79 Å². The number of hydrogen-bond acceptors (Lipinski definition) is 7. The summed E-state index contributed by atoms with van der Waals surface area (Å²) in [6.45, 7) is 7.49. The lowest BCUT2D eigenvalue weighted by Crippen LogP contribution is -2.24. The van der Waals surface area contributed by atoms with Gasteiger partial charge in [0.25, 0.3) is 0 Å². The van der Waals surface area contributed by atoms with E-state index in [1.807, 2.05) is 76.2 Å². The third-order valence-electron chi connectivity index (χ3n) is 7.95. The first-order chi connectivity index (χ1) is 25.0. The van der Waals surface area contributed by atoms with E-state index in [0.29, 0.717) is 34.1 Å². The Morgan fingerprint density at radius 1 is 0.865 bits per heavy atom. The molecule has 0 saturated heterocycles. The van der Waals surface area contributed by atoms with Crippen molar-refractivity contribution in [1.82, 2.24) is 15.3 Å². The topological polar surface area (TPSA) is 186 Å². The zero-order valence-electron chi connectivity index (χ0n) is 29.4. The third kappa shape index (κ3) is 10.3. The fraction of sp³-hybridized carbons (Fsp3) is 0.195. The summed E-state index contributed by atoms with van der Waals surface area (Å²) < 4.78 is 5.29. The number of amides is 1. The van der Waals surface area contributed by atoms with Crippen molar-refractivity contribution in [2.24, 2.45) is 0 Å². The number of carbonyl (C=O) groups is 3. The van der Waals surface area contributed by atoms with Gasteiger partial charge in [0.05, 0.1) is 17.4 Å². The monoisotopic (exact) mass is 702 g/mol. The van der Waals surface area contributed by atoms with Gasteiger partial charge in [-0.05, 0) is 60.9 Å². The number of carbonyl (C=O) groups excluding carboxylic acids is 1. The molecule has 1 amide bonds. The van der Waals surface area contributed by atoms with Crippen LogP contribution in [0, 0.1) is 12.3 Å². The second-order valence-corrected chi connectivity index (χ2v) is 11.7. The molecule has 4 aromatic carbocycles. The molecule has 11 nitrogen and oxygen atoms in total. The molecule has 0 saturated carbocycles. The third-order valence-corrected chi connectivity index (χ3v) is 7.95. The molecule has 2 atom stereocenters. The van der Waals surface area contributed by atoms with Crippen molar-refractivity contribution in [3.8, 4) is 39.7 Å². The molecule has 1 aromatic heterocycles. The van der Waals surface area contributed by atoms with Crippen LogP contribution in [0.1, 0.15) is 55.5 Å². The van der Waals surface area contributed by atoms with Crippen LogP contribution in [-0.2, 0) is 14.4 Å². The molecular weight excluding hydrogens is 660 g/mol. The van der Waals surface area contributed by atoms with Gasteiger partial charge in [0.1, 0.15) is 11.6 Å². The van der Waals surface area contributed by atoms with E-state index < -0.39 is 24.6 Å². The lowest BCUT2D eigenvalue weighted by Gasteiger charge is -2.13. The van der Waals surface area contributed by atoms with Crippen molar-refractivity contribution in [1.29, 1.82) is 5.41 Å². The number of aliphatic carboxylic acids is 2. The number of carboxylic acids is 2. The number of H-pyrrole nitrogens is 1.